The maximum atomic E-state index is 13.1. The Kier molecular flexibility index (Phi) is 8.35. The van der Waals surface area contributed by atoms with Crippen LogP contribution in [0.5, 0.6) is 0 Å². The van der Waals surface area contributed by atoms with E-state index in [1.54, 1.807) is 18.2 Å². The van der Waals surface area contributed by atoms with Crippen molar-refractivity contribution >= 4 is 45.7 Å². The summed E-state index contributed by atoms with van der Waals surface area (Å²) in [5.41, 5.74) is 6.10. The maximum Gasteiger partial charge on any atom is 0.255 e. The van der Waals surface area contributed by atoms with E-state index in [4.69, 9.17) is 14.7 Å². The van der Waals surface area contributed by atoms with Crippen LogP contribution in [0, 0.1) is 6.92 Å². The number of para-hydroxylation sites is 1. The van der Waals surface area contributed by atoms with Crippen molar-refractivity contribution in [3.8, 4) is 11.3 Å². The Morgan fingerprint density at radius 3 is 2.33 bits per heavy atom. The number of fused-ring (bicyclic) bond motifs is 1. The molecule has 9 heteroatoms. The Morgan fingerprint density at radius 1 is 0.814 bits per heavy atom. The lowest BCUT2D eigenvalue weighted by atomic mass is 10.1. The molecule has 2 amide bonds. The maximum absolute atomic E-state index is 13.1. The van der Waals surface area contributed by atoms with Gasteiger partial charge in [0.25, 0.3) is 5.91 Å². The summed E-state index contributed by atoms with van der Waals surface area (Å²) in [7, 11) is 0. The van der Waals surface area contributed by atoms with E-state index < -0.39 is 0 Å². The third-order valence-corrected chi connectivity index (χ3v) is 7.29. The van der Waals surface area contributed by atoms with Crippen LogP contribution in [0.1, 0.15) is 15.9 Å². The number of morpholine rings is 1. The van der Waals surface area contributed by atoms with Gasteiger partial charge in [0.2, 0.25) is 11.9 Å². The molecule has 9 nitrogen and oxygen atoms in total. The predicted octanol–water partition coefficient (Wildman–Crippen LogP) is 5.87. The number of hydrogen-bond acceptors (Lipinski definition) is 7. The molecule has 216 valence electrons. The minimum Gasteiger partial charge on any atom is -0.379 e. The van der Waals surface area contributed by atoms with E-state index in [2.05, 4.69) is 20.9 Å². The Labute approximate surface area is 249 Å². The first kappa shape index (κ1) is 28.0. The van der Waals surface area contributed by atoms with E-state index in [1.165, 1.54) is 0 Å². The van der Waals surface area contributed by atoms with Crippen LogP contribution >= 0.6 is 0 Å². The fourth-order valence-electron chi connectivity index (χ4n) is 4.97. The Balaban J connectivity index is 1.13. The lowest BCUT2D eigenvalue weighted by Crippen LogP contribution is -2.41. The van der Waals surface area contributed by atoms with Crippen LogP contribution in [0.2, 0.25) is 0 Å². The summed E-state index contributed by atoms with van der Waals surface area (Å²) >= 11 is 0. The SMILES string of the molecule is Cc1ccc(NC(=O)CN2CCOCC2)cc1NC(=O)c1ccc(Nc2nc(-c3ccccc3)c3ccccc3n2)cc1. The van der Waals surface area contributed by atoms with Crippen LogP contribution in [-0.4, -0.2) is 59.5 Å². The third kappa shape index (κ3) is 6.86. The van der Waals surface area contributed by atoms with E-state index in [-0.39, 0.29) is 11.8 Å². The minimum atomic E-state index is -0.250. The Bertz CT molecular complexity index is 1750. The second-order valence-electron chi connectivity index (χ2n) is 10.4. The van der Waals surface area contributed by atoms with Crippen molar-refractivity contribution in [3.63, 3.8) is 0 Å². The van der Waals surface area contributed by atoms with Gasteiger partial charge in [-0.25, -0.2) is 9.97 Å². The van der Waals surface area contributed by atoms with E-state index in [1.807, 2.05) is 85.8 Å². The monoisotopic (exact) mass is 572 g/mol. The number of benzene rings is 4. The van der Waals surface area contributed by atoms with Crippen LogP contribution in [0.3, 0.4) is 0 Å². The molecule has 2 heterocycles. The summed E-state index contributed by atoms with van der Waals surface area (Å²) in [6.45, 7) is 4.96. The summed E-state index contributed by atoms with van der Waals surface area (Å²) in [6, 6.07) is 30.6. The average molecular weight is 573 g/mol. The van der Waals surface area contributed by atoms with Gasteiger partial charge in [0, 0.05) is 46.7 Å². The van der Waals surface area contributed by atoms with Gasteiger partial charge in [0.15, 0.2) is 0 Å². The number of nitrogens with zero attached hydrogens (tertiary/aromatic N) is 3. The number of ether oxygens (including phenoxy) is 1. The Hall–Kier alpha value is -5.12. The van der Waals surface area contributed by atoms with Crippen molar-refractivity contribution in [3.05, 3.63) is 108 Å². The molecule has 0 unspecified atom stereocenters. The van der Waals surface area contributed by atoms with Gasteiger partial charge in [0.1, 0.15) is 0 Å². The normalized spacial score (nSPS) is 13.4. The third-order valence-electron chi connectivity index (χ3n) is 7.29. The van der Waals surface area contributed by atoms with Crippen molar-refractivity contribution in [2.45, 2.75) is 6.92 Å². The molecular weight excluding hydrogens is 540 g/mol. The number of amides is 2. The molecule has 43 heavy (non-hydrogen) atoms. The first-order valence-electron chi connectivity index (χ1n) is 14.2. The van der Waals surface area contributed by atoms with Crippen molar-refractivity contribution in [2.75, 3.05) is 48.8 Å². The lowest BCUT2D eigenvalue weighted by molar-refractivity contribution is -0.118. The number of rotatable bonds is 8. The van der Waals surface area contributed by atoms with Gasteiger partial charge in [0.05, 0.1) is 31.0 Å². The summed E-state index contributed by atoms with van der Waals surface area (Å²) in [4.78, 5) is 37.2. The zero-order chi connectivity index (χ0) is 29.6. The van der Waals surface area contributed by atoms with Gasteiger partial charge >= 0.3 is 0 Å². The molecule has 6 rings (SSSR count). The van der Waals surface area contributed by atoms with E-state index in [0.29, 0.717) is 42.6 Å². The van der Waals surface area contributed by atoms with Crippen LogP contribution in [0.25, 0.3) is 22.2 Å². The largest absolute Gasteiger partial charge is 0.379 e. The molecule has 1 aliphatic rings. The number of hydrogen-bond donors (Lipinski definition) is 3. The number of nitrogens with one attached hydrogen (secondary N) is 3. The van der Waals surface area contributed by atoms with E-state index in [9.17, 15) is 9.59 Å². The second kappa shape index (κ2) is 12.8. The highest BCUT2D eigenvalue weighted by atomic mass is 16.5. The zero-order valence-electron chi connectivity index (χ0n) is 23.8. The van der Waals surface area contributed by atoms with Crippen molar-refractivity contribution in [2.24, 2.45) is 0 Å². The van der Waals surface area contributed by atoms with Crippen molar-refractivity contribution in [1.29, 1.82) is 0 Å². The molecule has 0 atom stereocenters. The molecule has 1 fully saturated rings. The van der Waals surface area contributed by atoms with Crippen molar-refractivity contribution in [1.82, 2.24) is 14.9 Å². The second-order valence-corrected chi connectivity index (χ2v) is 10.4. The predicted molar refractivity (Wildman–Crippen MR) is 170 cm³/mol. The molecule has 1 aromatic heterocycles. The number of aromatic nitrogens is 2. The van der Waals surface area contributed by atoms with Gasteiger partial charge in [-0.3, -0.25) is 14.5 Å². The molecule has 3 N–H and O–H groups in total. The molecule has 0 bridgehead atoms. The summed E-state index contributed by atoms with van der Waals surface area (Å²) < 4.78 is 5.35. The molecular formula is C34H32N6O3. The molecule has 0 saturated carbocycles. The summed E-state index contributed by atoms with van der Waals surface area (Å²) in [6.07, 6.45) is 0. The van der Waals surface area contributed by atoms with Gasteiger partial charge in [-0.2, -0.15) is 0 Å². The lowest BCUT2D eigenvalue weighted by Gasteiger charge is -2.25. The fraction of sp³-hybridized carbons (Fsp3) is 0.176. The average Bonchev–Trinajstić information content (AvgIpc) is 3.03. The standard InChI is InChI=1S/C34H32N6O3/c1-23-11-14-27(35-31(41)22-40-17-19-43-20-18-40)21-30(23)37-33(42)25-12-15-26(16-13-25)36-34-38-29-10-6-5-9-28(29)32(39-34)24-7-3-2-4-8-24/h2-16,21H,17-20,22H2,1H3,(H,35,41)(H,37,42)(H,36,38,39). The van der Waals surface area contributed by atoms with Gasteiger partial charge in [-0.15, -0.1) is 0 Å². The summed E-state index contributed by atoms with van der Waals surface area (Å²) in [5.74, 6) is 0.120. The van der Waals surface area contributed by atoms with Gasteiger partial charge in [-0.05, 0) is 55.0 Å². The van der Waals surface area contributed by atoms with Crippen LogP contribution in [0.15, 0.2) is 97.1 Å². The number of anilines is 4. The highest BCUT2D eigenvalue weighted by Crippen LogP contribution is 2.28. The van der Waals surface area contributed by atoms with E-state index in [0.717, 1.165) is 46.5 Å². The molecule has 4 aromatic carbocycles. The van der Waals surface area contributed by atoms with Gasteiger partial charge in [-0.1, -0.05) is 54.6 Å². The highest BCUT2D eigenvalue weighted by molar-refractivity contribution is 6.05. The number of carbonyl (C=O) groups is 2. The molecule has 0 radical (unpaired) electrons. The zero-order valence-corrected chi connectivity index (χ0v) is 23.8. The molecule has 0 aliphatic carbocycles. The first-order valence-corrected chi connectivity index (χ1v) is 14.2. The quantitative estimate of drug-likeness (QED) is 0.213. The van der Waals surface area contributed by atoms with Crippen LogP contribution in [-0.2, 0) is 9.53 Å². The minimum absolute atomic E-state index is 0.0996. The van der Waals surface area contributed by atoms with Crippen LogP contribution in [0.4, 0.5) is 23.0 Å². The Morgan fingerprint density at radius 2 is 1.53 bits per heavy atom. The topological polar surface area (TPSA) is 108 Å². The number of aryl methyl sites for hydroxylation is 1. The van der Waals surface area contributed by atoms with Crippen LogP contribution < -0.4 is 16.0 Å². The molecule has 1 aliphatic heterocycles. The molecule has 0 spiro atoms. The summed E-state index contributed by atoms with van der Waals surface area (Å²) in [5, 5.41) is 10.2. The number of carbonyl (C=O) groups excluding carboxylic acids is 2. The smallest absolute Gasteiger partial charge is 0.255 e. The molecule has 5 aromatic rings. The van der Waals surface area contributed by atoms with Crippen molar-refractivity contribution < 1.29 is 14.3 Å². The highest BCUT2D eigenvalue weighted by Gasteiger charge is 2.15. The fourth-order valence-corrected chi connectivity index (χ4v) is 4.97. The van der Waals surface area contributed by atoms with E-state index >= 15 is 0 Å². The first-order chi connectivity index (χ1) is 21.0. The van der Waals surface area contributed by atoms with Gasteiger partial charge < -0.3 is 20.7 Å². The molecule has 1 saturated heterocycles.